The topological polar surface area (TPSA) is 164 Å². The second kappa shape index (κ2) is 11.1. The van der Waals surface area contributed by atoms with Crippen molar-refractivity contribution in [3.05, 3.63) is 10.4 Å². The molecule has 134 valence electrons. The van der Waals surface area contributed by atoms with Crippen LogP contribution in [0, 0.1) is 11.4 Å². The van der Waals surface area contributed by atoms with Gasteiger partial charge in [-0.05, 0) is 12.0 Å². The Labute approximate surface area is 138 Å². The number of carbonyl (C=O) groups excluding carboxylic acids is 3. The van der Waals surface area contributed by atoms with Crippen LogP contribution in [0.2, 0.25) is 0 Å². The van der Waals surface area contributed by atoms with E-state index in [1.807, 2.05) is 0 Å². The molecule has 0 bridgehead atoms. The van der Waals surface area contributed by atoms with Crippen molar-refractivity contribution in [2.45, 2.75) is 24.9 Å². The second-order valence-corrected chi connectivity index (χ2v) is 4.85. The first-order valence-corrected chi connectivity index (χ1v) is 6.96. The van der Waals surface area contributed by atoms with Crippen LogP contribution in [0.15, 0.2) is 10.2 Å². The van der Waals surface area contributed by atoms with Gasteiger partial charge in [-0.2, -0.15) is 5.11 Å². The lowest BCUT2D eigenvalue weighted by Gasteiger charge is -2.37. The van der Waals surface area contributed by atoms with E-state index in [4.69, 9.17) is 15.8 Å². The van der Waals surface area contributed by atoms with E-state index in [0.29, 0.717) is 0 Å². The molecule has 1 N–H and O–H groups in total. The van der Waals surface area contributed by atoms with Crippen molar-refractivity contribution < 1.29 is 28.6 Å². The molecule has 0 amide bonds. The average Bonchev–Trinajstić information content (AvgIpc) is 2.60. The van der Waals surface area contributed by atoms with Gasteiger partial charge in [0.05, 0.1) is 38.7 Å². The van der Waals surface area contributed by atoms with Gasteiger partial charge in [0, 0.05) is 18.4 Å². The van der Waals surface area contributed by atoms with Crippen molar-refractivity contribution in [1.29, 1.82) is 5.53 Å². The van der Waals surface area contributed by atoms with Crippen LogP contribution in [-0.4, -0.2) is 57.7 Å². The highest BCUT2D eigenvalue weighted by molar-refractivity contribution is 5.88. The normalized spacial score (nSPS) is 13.8. The second-order valence-electron chi connectivity index (χ2n) is 4.85. The SMILES string of the molecule is COC(=O)CC[C@](CN=[N+]=[N-])(OC)[C@@H](CC(=O)OC)C(=O)CN=N. The maximum absolute atomic E-state index is 12.3. The van der Waals surface area contributed by atoms with Gasteiger partial charge < -0.3 is 14.2 Å². The molecule has 0 spiro atoms. The van der Waals surface area contributed by atoms with Gasteiger partial charge in [0.2, 0.25) is 0 Å². The van der Waals surface area contributed by atoms with Crippen molar-refractivity contribution in [3.8, 4) is 0 Å². The summed E-state index contributed by atoms with van der Waals surface area (Å²) in [5.41, 5.74) is 14.0. The van der Waals surface area contributed by atoms with Crippen molar-refractivity contribution in [2.24, 2.45) is 16.1 Å². The Balaban J connectivity index is 5.76. The molecule has 0 saturated carbocycles. The minimum Gasteiger partial charge on any atom is -0.469 e. The molecule has 0 rings (SSSR count). The summed E-state index contributed by atoms with van der Waals surface area (Å²) in [5, 5.41) is 6.46. The Morgan fingerprint density at radius 3 is 2.29 bits per heavy atom. The summed E-state index contributed by atoms with van der Waals surface area (Å²) in [7, 11) is 3.65. The van der Waals surface area contributed by atoms with Crippen molar-refractivity contribution in [1.82, 2.24) is 0 Å². The number of esters is 2. The highest BCUT2D eigenvalue weighted by Gasteiger charge is 2.44. The minimum atomic E-state index is -1.42. The summed E-state index contributed by atoms with van der Waals surface area (Å²) in [6.45, 7) is -0.760. The number of hydrogen-bond acceptors (Lipinski definition) is 9. The van der Waals surface area contributed by atoms with Crippen LogP contribution < -0.4 is 0 Å². The van der Waals surface area contributed by atoms with Crippen molar-refractivity contribution >= 4 is 17.7 Å². The summed E-state index contributed by atoms with van der Waals surface area (Å²) in [6, 6.07) is 0. The standard InChI is InChI=1S/C13H21N5O6/c1-22-11(20)4-5-13(24-3,8-17-18-15)9(6-12(21)23-2)10(19)7-16-14/h9,14H,4-8H2,1-3H3/t9-,13+/m0/s1. The zero-order valence-corrected chi connectivity index (χ0v) is 13.9. The fourth-order valence-corrected chi connectivity index (χ4v) is 2.27. The largest absolute Gasteiger partial charge is 0.469 e. The third kappa shape index (κ3) is 6.31. The third-order valence-corrected chi connectivity index (χ3v) is 3.65. The Morgan fingerprint density at radius 1 is 1.21 bits per heavy atom. The number of methoxy groups -OCH3 is 3. The maximum atomic E-state index is 12.3. The van der Waals surface area contributed by atoms with Gasteiger partial charge in [0.1, 0.15) is 6.54 Å². The number of rotatable bonds is 12. The molecule has 0 aliphatic carbocycles. The van der Waals surface area contributed by atoms with E-state index in [-0.39, 0.29) is 25.8 Å². The van der Waals surface area contributed by atoms with Gasteiger partial charge in [0.25, 0.3) is 0 Å². The number of Topliss-reactive ketones (excluding diaryl/α,β-unsaturated/α-hetero) is 1. The first kappa shape index (κ1) is 21.5. The molecule has 0 aliphatic rings. The average molecular weight is 343 g/mol. The highest BCUT2D eigenvalue weighted by Crippen LogP contribution is 2.32. The van der Waals surface area contributed by atoms with Gasteiger partial charge in [-0.1, -0.05) is 5.11 Å². The van der Waals surface area contributed by atoms with E-state index in [9.17, 15) is 14.4 Å². The maximum Gasteiger partial charge on any atom is 0.306 e. The van der Waals surface area contributed by atoms with Gasteiger partial charge in [-0.3, -0.25) is 14.4 Å². The fraction of sp³-hybridized carbons (Fsp3) is 0.769. The number of nitrogens with zero attached hydrogens (tertiary/aromatic N) is 4. The summed E-state index contributed by atoms with van der Waals surface area (Å²) < 4.78 is 14.5. The van der Waals surface area contributed by atoms with Gasteiger partial charge in [-0.25, -0.2) is 5.53 Å². The smallest absolute Gasteiger partial charge is 0.306 e. The van der Waals surface area contributed by atoms with E-state index in [1.54, 1.807) is 0 Å². The molecular weight excluding hydrogens is 322 g/mol. The van der Waals surface area contributed by atoms with Crippen molar-refractivity contribution in [2.75, 3.05) is 34.4 Å². The predicted molar refractivity (Wildman–Crippen MR) is 80.1 cm³/mol. The van der Waals surface area contributed by atoms with E-state index in [2.05, 4.69) is 24.6 Å². The molecule has 24 heavy (non-hydrogen) atoms. The van der Waals surface area contributed by atoms with Crippen LogP contribution in [0.5, 0.6) is 0 Å². The lowest BCUT2D eigenvalue weighted by Crippen LogP contribution is -2.49. The first-order chi connectivity index (χ1) is 11.4. The van der Waals surface area contributed by atoms with Gasteiger partial charge in [0.15, 0.2) is 5.78 Å². The lowest BCUT2D eigenvalue weighted by molar-refractivity contribution is -0.153. The van der Waals surface area contributed by atoms with E-state index in [1.165, 1.54) is 14.2 Å². The molecule has 0 radical (unpaired) electrons. The Hall–Kier alpha value is -2.52. The number of ketones is 1. The summed E-state index contributed by atoms with van der Waals surface area (Å²) in [4.78, 5) is 38.1. The predicted octanol–water partition coefficient (Wildman–Crippen LogP) is 1.41. The van der Waals surface area contributed by atoms with Crippen LogP contribution in [0.4, 0.5) is 0 Å². The Kier molecular flexibility index (Phi) is 9.92. The molecule has 11 heteroatoms. The zero-order chi connectivity index (χ0) is 18.6. The molecule has 0 fully saturated rings. The van der Waals surface area contributed by atoms with Crippen LogP contribution in [0.1, 0.15) is 19.3 Å². The van der Waals surface area contributed by atoms with E-state index in [0.717, 1.165) is 7.11 Å². The third-order valence-electron chi connectivity index (χ3n) is 3.65. The molecule has 0 aromatic heterocycles. The number of azide groups is 1. The lowest BCUT2D eigenvalue weighted by atomic mass is 9.78. The Bertz CT molecular complexity index is 519. The molecule has 0 unspecified atom stereocenters. The summed E-state index contributed by atoms with van der Waals surface area (Å²) >= 11 is 0. The van der Waals surface area contributed by atoms with Crippen molar-refractivity contribution in [3.63, 3.8) is 0 Å². The molecule has 0 heterocycles. The number of nitrogens with one attached hydrogen (secondary N) is 1. The molecule has 0 aliphatic heterocycles. The van der Waals surface area contributed by atoms with E-state index < -0.39 is 35.8 Å². The number of carbonyl (C=O) groups is 3. The number of hydrogen-bond donors (Lipinski definition) is 1. The van der Waals surface area contributed by atoms with Gasteiger partial charge in [-0.15, -0.1) is 0 Å². The molecule has 0 aromatic rings. The van der Waals surface area contributed by atoms with E-state index >= 15 is 0 Å². The fourth-order valence-electron chi connectivity index (χ4n) is 2.27. The monoisotopic (exact) mass is 343 g/mol. The van der Waals surface area contributed by atoms with Crippen LogP contribution in [0.25, 0.3) is 10.4 Å². The molecule has 11 nitrogen and oxygen atoms in total. The minimum absolute atomic E-state index is 0.0272. The molecule has 0 saturated heterocycles. The van der Waals surface area contributed by atoms with Crippen LogP contribution in [-0.2, 0) is 28.6 Å². The Morgan fingerprint density at radius 2 is 1.83 bits per heavy atom. The first-order valence-electron chi connectivity index (χ1n) is 6.96. The van der Waals surface area contributed by atoms with Crippen LogP contribution >= 0.6 is 0 Å². The molecule has 0 aromatic carbocycles. The van der Waals surface area contributed by atoms with Crippen LogP contribution in [0.3, 0.4) is 0 Å². The quantitative estimate of drug-likeness (QED) is 0.243. The molecule has 2 atom stereocenters. The zero-order valence-electron chi connectivity index (χ0n) is 13.9. The highest BCUT2D eigenvalue weighted by atomic mass is 16.5. The summed E-state index contributed by atoms with van der Waals surface area (Å²) in [5.74, 6) is -2.89. The molecular formula is C13H21N5O6. The summed E-state index contributed by atoms with van der Waals surface area (Å²) in [6.07, 6.45) is -0.504. The van der Waals surface area contributed by atoms with Gasteiger partial charge >= 0.3 is 11.9 Å². The number of ether oxygens (including phenoxy) is 3.